The lowest BCUT2D eigenvalue weighted by molar-refractivity contribution is -0.145. The van der Waals surface area contributed by atoms with Crippen molar-refractivity contribution < 1.29 is 13.9 Å². The minimum Gasteiger partial charge on any atom is -0.468 e. The minimum atomic E-state index is -0.649. The average Bonchev–Trinajstić information content (AvgIpc) is 2.61. The smallest absolute Gasteiger partial charge is 0.316 e. The van der Waals surface area contributed by atoms with Gasteiger partial charge in [0.25, 0.3) is 0 Å². The Hall–Kier alpha value is -0.860. The van der Waals surface area contributed by atoms with Crippen molar-refractivity contribution in [3.05, 3.63) is 11.9 Å². The Balaban J connectivity index is 2.68. The van der Waals surface area contributed by atoms with Gasteiger partial charge in [0.1, 0.15) is 0 Å². The van der Waals surface area contributed by atoms with Crippen molar-refractivity contribution in [1.29, 1.82) is 0 Å². The highest BCUT2D eigenvalue weighted by Gasteiger charge is 2.52. The van der Waals surface area contributed by atoms with Gasteiger partial charge in [-0.1, -0.05) is 0 Å². The second-order valence-electron chi connectivity index (χ2n) is 2.63. The number of halogens is 1. The molecule has 0 heterocycles. The molecule has 3 heteroatoms. The summed E-state index contributed by atoms with van der Waals surface area (Å²) in [5.74, 6) is -0.351. The molecule has 0 aliphatic heterocycles. The van der Waals surface area contributed by atoms with Crippen LogP contribution in [0.15, 0.2) is 11.9 Å². The first-order chi connectivity index (χ1) is 4.65. The van der Waals surface area contributed by atoms with Crippen LogP contribution in [0.25, 0.3) is 0 Å². The van der Waals surface area contributed by atoms with Crippen molar-refractivity contribution in [2.75, 3.05) is 7.11 Å². The summed E-state index contributed by atoms with van der Waals surface area (Å²) in [5.41, 5.74) is -0.122. The van der Waals surface area contributed by atoms with Crippen LogP contribution in [0.3, 0.4) is 0 Å². The number of carbonyl (C=O) groups is 1. The molecule has 0 aromatic carbocycles. The van der Waals surface area contributed by atoms with Crippen LogP contribution in [0.1, 0.15) is 13.3 Å². The molecule has 56 valence electrons. The molecule has 2 nitrogen and oxygen atoms in total. The Kier molecular flexibility index (Phi) is 1.50. The maximum Gasteiger partial charge on any atom is 0.316 e. The molecule has 1 unspecified atom stereocenters. The predicted octanol–water partition coefficient (Wildman–Crippen LogP) is 1.42. The van der Waals surface area contributed by atoms with Crippen LogP contribution in [0.2, 0.25) is 0 Å². The molecule has 1 aliphatic carbocycles. The number of hydrogen-bond donors (Lipinski definition) is 0. The third-order valence-electron chi connectivity index (χ3n) is 1.90. The number of methoxy groups -OCH3 is 1. The van der Waals surface area contributed by atoms with Crippen molar-refractivity contribution in [2.24, 2.45) is 5.41 Å². The SMILES string of the molecule is COC(=O)C1(C)CC1=CF. The quantitative estimate of drug-likeness (QED) is 0.520. The van der Waals surface area contributed by atoms with Crippen LogP contribution < -0.4 is 0 Å². The van der Waals surface area contributed by atoms with Crippen molar-refractivity contribution in [2.45, 2.75) is 13.3 Å². The van der Waals surface area contributed by atoms with E-state index >= 15 is 0 Å². The minimum absolute atomic E-state index is 0.351. The zero-order chi connectivity index (χ0) is 7.78. The average molecular weight is 144 g/mol. The third kappa shape index (κ3) is 0.818. The summed E-state index contributed by atoms with van der Waals surface area (Å²) in [6.45, 7) is 1.67. The number of rotatable bonds is 1. The topological polar surface area (TPSA) is 26.3 Å². The van der Waals surface area contributed by atoms with E-state index < -0.39 is 5.41 Å². The van der Waals surface area contributed by atoms with E-state index in [0.717, 1.165) is 0 Å². The zero-order valence-electron chi connectivity index (χ0n) is 5.98. The van der Waals surface area contributed by atoms with Gasteiger partial charge in [0.2, 0.25) is 0 Å². The van der Waals surface area contributed by atoms with Crippen LogP contribution in [-0.4, -0.2) is 13.1 Å². The fourth-order valence-corrected chi connectivity index (χ4v) is 0.924. The highest BCUT2D eigenvalue weighted by Crippen LogP contribution is 2.52. The van der Waals surface area contributed by atoms with Crippen LogP contribution in [0.4, 0.5) is 4.39 Å². The van der Waals surface area contributed by atoms with Gasteiger partial charge in [0, 0.05) is 0 Å². The molecule has 10 heavy (non-hydrogen) atoms. The predicted molar refractivity (Wildman–Crippen MR) is 33.9 cm³/mol. The number of esters is 1. The lowest BCUT2D eigenvalue weighted by atomic mass is 10.1. The third-order valence-corrected chi connectivity index (χ3v) is 1.90. The van der Waals surface area contributed by atoms with E-state index in [1.165, 1.54) is 7.11 Å². The van der Waals surface area contributed by atoms with E-state index in [4.69, 9.17) is 0 Å². The van der Waals surface area contributed by atoms with E-state index in [-0.39, 0.29) is 5.97 Å². The van der Waals surface area contributed by atoms with Gasteiger partial charge >= 0.3 is 5.97 Å². The molecular weight excluding hydrogens is 135 g/mol. The monoisotopic (exact) mass is 144 g/mol. The Morgan fingerprint density at radius 1 is 1.90 bits per heavy atom. The van der Waals surface area contributed by atoms with Gasteiger partial charge in [-0.05, 0) is 18.9 Å². The second kappa shape index (κ2) is 2.08. The first-order valence-electron chi connectivity index (χ1n) is 3.03. The molecule has 1 fully saturated rings. The van der Waals surface area contributed by atoms with Gasteiger partial charge in [0.05, 0.1) is 18.9 Å². The molecular formula is C7H9FO2. The summed E-state index contributed by atoms with van der Waals surface area (Å²) in [4.78, 5) is 10.8. The molecule has 1 rings (SSSR count). The lowest BCUT2D eigenvalue weighted by Crippen LogP contribution is -2.13. The summed E-state index contributed by atoms with van der Waals surface area (Å²) < 4.78 is 16.3. The first kappa shape index (κ1) is 7.25. The van der Waals surface area contributed by atoms with E-state index in [2.05, 4.69) is 4.74 Å². The molecule has 0 radical (unpaired) electrons. The fraction of sp³-hybridized carbons (Fsp3) is 0.571. The van der Waals surface area contributed by atoms with Crippen molar-refractivity contribution >= 4 is 5.97 Å². The summed E-state index contributed by atoms with van der Waals surface area (Å²) in [7, 11) is 1.31. The van der Waals surface area contributed by atoms with Gasteiger partial charge in [-0.25, -0.2) is 4.39 Å². The molecule has 0 amide bonds. The van der Waals surface area contributed by atoms with Crippen LogP contribution in [0.5, 0.6) is 0 Å². The number of carbonyl (C=O) groups excluding carboxylic acids is 1. The van der Waals surface area contributed by atoms with Crippen molar-refractivity contribution in [3.8, 4) is 0 Å². The largest absolute Gasteiger partial charge is 0.468 e. The summed E-state index contributed by atoms with van der Waals surface area (Å²) in [6.07, 6.45) is 0.979. The molecule has 1 atom stereocenters. The Labute approximate surface area is 58.7 Å². The zero-order valence-corrected chi connectivity index (χ0v) is 5.98. The molecule has 0 saturated heterocycles. The molecule has 0 N–H and O–H groups in total. The summed E-state index contributed by atoms with van der Waals surface area (Å²) >= 11 is 0. The molecule has 0 aromatic heterocycles. The van der Waals surface area contributed by atoms with E-state index in [1.807, 2.05) is 0 Å². The standard InChI is InChI=1S/C7H9FO2/c1-7(6(9)10-2)3-5(7)4-8/h4H,3H2,1-2H3. The molecule has 1 aliphatic rings. The van der Waals surface area contributed by atoms with Gasteiger partial charge in [0.15, 0.2) is 0 Å². The Morgan fingerprint density at radius 2 is 2.50 bits per heavy atom. The second-order valence-corrected chi connectivity index (χ2v) is 2.63. The van der Waals surface area contributed by atoms with E-state index in [9.17, 15) is 9.18 Å². The Bertz CT molecular complexity index is 198. The van der Waals surface area contributed by atoms with Crippen LogP contribution in [-0.2, 0) is 9.53 Å². The molecule has 0 spiro atoms. The summed E-state index contributed by atoms with van der Waals surface area (Å²) in [6, 6.07) is 0. The van der Waals surface area contributed by atoms with Crippen molar-refractivity contribution in [1.82, 2.24) is 0 Å². The maximum atomic E-state index is 11.8. The molecule has 0 aromatic rings. The maximum absolute atomic E-state index is 11.8. The van der Waals surface area contributed by atoms with E-state index in [0.29, 0.717) is 18.3 Å². The number of hydrogen-bond acceptors (Lipinski definition) is 2. The van der Waals surface area contributed by atoms with Crippen molar-refractivity contribution in [3.63, 3.8) is 0 Å². The lowest BCUT2D eigenvalue weighted by Gasteiger charge is -2.02. The normalized spacial score (nSPS) is 34.1. The van der Waals surface area contributed by atoms with Gasteiger partial charge in [-0.15, -0.1) is 0 Å². The van der Waals surface area contributed by atoms with Gasteiger partial charge in [-0.2, -0.15) is 0 Å². The highest BCUT2D eigenvalue weighted by molar-refractivity contribution is 5.85. The van der Waals surface area contributed by atoms with Crippen LogP contribution in [0, 0.1) is 5.41 Å². The van der Waals surface area contributed by atoms with Gasteiger partial charge in [-0.3, -0.25) is 4.79 Å². The Morgan fingerprint density at radius 3 is 2.80 bits per heavy atom. The summed E-state index contributed by atoms with van der Waals surface area (Å²) in [5, 5.41) is 0. The first-order valence-corrected chi connectivity index (χ1v) is 3.03. The van der Waals surface area contributed by atoms with Crippen LogP contribution >= 0.6 is 0 Å². The molecule has 1 saturated carbocycles. The molecule has 0 bridgehead atoms. The highest BCUT2D eigenvalue weighted by atomic mass is 19.1. The fourth-order valence-electron chi connectivity index (χ4n) is 0.924. The van der Waals surface area contributed by atoms with Gasteiger partial charge < -0.3 is 4.74 Å². The number of ether oxygens (including phenoxy) is 1. The van der Waals surface area contributed by atoms with E-state index in [1.54, 1.807) is 6.92 Å².